The Morgan fingerprint density at radius 2 is 1.84 bits per heavy atom. The molecule has 0 aliphatic rings. The maximum absolute atomic E-state index is 12.9. The predicted molar refractivity (Wildman–Crippen MR) is 76.6 cm³/mol. The van der Waals surface area contributed by atoms with Crippen molar-refractivity contribution in [2.45, 2.75) is 20.4 Å². The molecular formula is C15H18FN3. The molecule has 0 radical (unpaired) electrons. The van der Waals surface area contributed by atoms with Crippen molar-refractivity contribution in [1.82, 2.24) is 4.98 Å². The third-order valence-electron chi connectivity index (χ3n) is 3.33. The molecule has 3 nitrogen and oxygen atoms in total. The quantitative estimate of drug-likeness (QED) is 0.921. The molecule has 0 saturated carbocycles. The average Bonchev–Trinajstić information content (AvgIpc) is 2.40. The van der Waals surface area contributed by atoms with Crippen molar-refractivity contribution >= 4 is 11.4 Å². The van der Waals surface area contributed by atoms with Crippen LogP contribution in [-0.2, 0) is 6.54 Å². The molecule has 0 atom stereocenters. The minimum atomic E-state index is -0.231. The molecule has 1 heterocycles. The molecule has 0 bridgehead atoms. The number of aryl methyl sites for hydroxylation is 1. The Bertz CT molecular complexity index is 579. The number of anilines is 2. The average molecular weight is 259 g/mol. The van der Waals surface area contributed by atoms with E-state index in [4.69, 9.17) is 5.73 Å². The van der Waals surface area contributed by atoms with Gasteiger partial charge in [-0.25, -0.2) is 4.39 Å². The van der Waals surface area contributed by atoms with Crippen LogP contribution in [-0.4, -0.2) is 12.0 Å². The third-order valence-corrected chi connectivity index (χ3v) is 3.33. The van der Waals surface area contributed by atoms with Crippen LogP contribution in [0.5, 0.6) is 0 Å². The fourth-order valence-corrected chi connectivity index (χ4v) is 1.96. The van der Waals surface area contributed by atoms with E-state index in [1.165, 1.54) is 12.1 Å². The number of nitrogens with zero attached hydrogens (tertiary/aromatic N) is 2. The lowest BCUT2D eigenvalue weighted by molar-refractivity contribution is 0.627. The first-order valence-corrected chi connectivity index (χ1v) is 6.16. The summed E-state index contributed by atoms with van der Waals surface area (Å²) in [4.78, 5) is 6.44. The van der Waals surface area contributed by atoms with Crippen LogP contribution >= 0.6 is 0 Å². The van der Waals surface area contributed by atoms with Crippen molar-refractivity contribution in [2.75, 3.05) is 17.7 Å². The standard InChI is InChI=1S/C15H18FN3/c1-10-8-18-14(11(2)15(10)17)9-19(3)13-6-4-12(16)5-7-13/h4-8H,9H2,1-3H3,(H2,17,18). The van der Waals surface area contributed by atoms with Crippen molar-refractivity contribution in [3.8, 4) is 0 Å². The van der Waals surface area contributed by atoms with Crippen molar-refractivity contribution in [3.63, 3.8) is 0 Å². The fraction of sp³-hybridized carbons (Fsp3) is 0.267. The Hall–Kier alpha value is -2.10. The van der Waals surface area contributed by atoms with Crippen LogP contribution in [0.3, 0.4) is 0 Å². The number of nitrogen functional groups attached to an aromatic ring is 1. The molecule has 4 heteroatoms. The van der Waals surface area contributed by atoms with E-state index in [2.05, 4.69) is 4.98 Å². The first-order chi connectivity index (χ1) is 8.99. The number of hydrogen-bond donors (Lipinski definition) is 1. The summed E-state index contributed by atoms with van der Waals surface area (Å²) in [5, 5.41) is 0. The molecule has 1 aromatic carbocycles. The van der Waals surface area contributed by atoms with Crippen molar-refractivity contribution in [2.24, 2.45) is 0 Å². The van der Waals surface area contributed by atoms with Gasteiger partial charge in [-0.3, -0.25) is 4.98 Å². The van der Waals surface area contributed by atoms with Gasteiger partial charge in [0.15, 0.2) is 0 Å². The van der Waals surface area contributed by atoms with Crippen LogP contribution in [0.15, 0.2) is 30.5 Å². The van der Waals surface area contributed by atoms with Gasteiger partial charge in [-0.05, 0) is 49.2 Å². The van der Waals surface area contributed by atoms with E-state index in [1.54, 1.807) is 18.3 Å². The highest BCUT2D eigenvalue weighted by Crippen LogP contribution is 2.21. The van der Waals surface area contributed by atoms with Gasteiger partial charge in [-0.15, -0.1) is 0 Å². The molecule has 2 rings (SSSR count). The number of hydrogen-bond acceptors (Lipinski definition) is 3. The van der Waals surface area contributed by atoms with Gasteiger partial charge in [0.05, 0.1) is 12.2 Å². The Morgan fingerprint density at radius 1 is 1.21 bits per heavy atom. The SMILES string of the molecule is Cc1cnc(CN(C)c2ccc(F)cc2)c(C)c1N. The molecule has 1 aromatic heterocycles. The van der Waals surface area contributed by atoms with E-state index in [0.717, 1.165) is 28.2 Å². The lowest BCUT2D eigenvalue weighted by atomic mass is 10.1. The molecule has 2 N–H and O–H groups in total. The maximum Gasteiger partial charge on any atom is 0.123 e. The zero-order valence-corrected chi connectivity index (χ0v) is 11.4. The van der Waals surface area contributed by atoms with Gasteiger partial charge in [-0.1, -0.05) is 0 Å². The van der Waals surface area contributed by atoms with Gasteiger partial charge in [0.25, 0.3) is 0 Å². The Labute approximate surface area is 112 Å². The molecule has 0 aliphatic carbocycles. The number of pyridine rings is 1. The van der Waals surface area contributed by atoms with E-state index < -0.39 is 0 Å². The maximum atomic E-state index is 12.9. The van der Waals surface area contributed by atoms with Crippen LogP contribution < -0.4 is 10.6 Å². The number of aromatic nitrogens is 1. The molecule has 0 saturated heterocycles. The second-order valence-corrected chi connectivity index (χ2v) is 4.76. The van der Waals surface area contributed by atoms with E-state index in [1.807, 2.05) is 25.8 Å². The zero-order valence-electron chi connectivity index (χ0n) is 11.4. The Balaban J connectivity index is 2.21. The molecule has 0 unspecified atom stereocenters. The minimum absolute atomic E-state index is 0.231. The molecule has 100 valence electrons. The van der Waals surface area contributed by atoms with Crippen LogP contribution in [0.4, 0.5) is 15.8 Å². The normalized spacial score (nSPS) is 10.5. The summed E-state index contributed by atoms with van der Waals surface area (Å²) < 4.78 is 12.9. The summed E-state index contributed by atoms with van der Waals surface area (Å²) in [5.74, 6) is -0.231. The predicted octanol–water partition coefficient (Wildman–Crippen LogP) is 3.06. The topological polar surface area (TPSA) is 42.2 Å². The molecule has 0 amide bonds. The van der Waals surface area contributed by atoms with Crippen LogP contribution in [0.1, 0.15) is 16.8 Å². The monoisotopic (exact) mass is 259 g/mol. The van der Waals surface area contributed by atoms with Gasteiger partial charge >= 0.3 is 0 Å². The van der Waals surface area contributed by atoms with Crippen LogP contribution in [0.2, 0.25) is 0 Å². The van der Waals surface area contributed by atoms with Gasteiger partial charge < -0.3 is 10.6 Å². The Morgan fingerprint density at radius 3 is 2.47 bits per heavy atom. The minimum Gasteiger partial charge on any atom is -0.398 e. The van der Waals surface area contributed by atoms with E-state index >= 15 is 0 Å². The molecular weight excluding hydrogens is 241 g/mol. The molecule has 2 aromatic rings. The van der Waals surface area contributed by atoms with E-state index in [0.29, 0.717) is 6.54 Å². The van der Waals surface area contributed by atoms with Crippen molar-refractivity contribution in [1.29, 1.82) is 0 Å². The third kappa shape index (κ3) is 2.84. The molecule has 0 aliphatic heterocycles. The first-order valence-electron chi connectivity index (χ1n) is 6.16. The molecule has 0 fully saturated rings. The van der Waals surface area contributed by atoms with E-state index in [9.17, 15) is 4.39 Å². The summed E-state index contributed by atoms with van der Waals surface area (Å²) in [6, 6.07) is 6.41. The summed E-state index contributed by atoms with van der Waals surface area (Å²) in [6.45, 7) is 4.56. The van der Waals surface area contributed by atoms with Crippen LogP contribution in [0.25, 0.3) is 0 Å². The van der Waals surface area contributed by atoms with Gasteiger partial charge in [0, 0.05) is 24.6 Å². The highest BCUT2D eigenvalue weighted by Gasteiger charge is 2.09. The summed E-state index contributed by atoms with van der Waals surface area (Å²) >= 11 is 0. The summed E-state index contributed by atoms with van der Waals surface area (Å²) in [7, 11) is 1.95. The summed E-state index contributed by atoms with van der Waals surface area (Å²) in [6.07, 6.45) is 1.79. The molecule has 19 heavy (non-hydrogen) atoms. The second-order valence-electron chi connectivity index (χ2n) is 4.76. The highest BCUT2D eigenvalue weighted by atomic mass is 19.1. The van der Waals surface area contributed by atoms with Crippen LogP contribution in [0, 0.1) is 19.7 Å². The second kappa shape index (κ2) is 5.26. The Kier molecular flexibility index (Phi) is 3.69. The zero-order chi connectivity index (χ0) is 14.0. The number of halogens is 1. The van der Waals surface area contributed by atoms with Gasteiger partial charge in [0.2, 0.25) is 0 Å². The van der Waals surface area contributed by atoms with Gasteiger partial charge in [-0.2, -0.15) is 0 Å². The number of rotatable bonds is 3. The van der Waals surface area contributed by atoms with Gasteiger partial charge in [0.1, 0.15) is 5.82 Å². The number of nitrogens with two attached hydrogens (primary N) is 1. The van der Waals surface area contributed by atoms with Crippen molar-refractivity contribution in [3.05, 3.63) is 53.1 Å². The highest BCUT2D eigenvalue weighted by molar-refractivity contribution is 5.54. The van der Waals surface area contributed by atoms with E-state index in [-0.39, 0.29) is 5.82 Å². The molecule has 0 spiro atoms. The number of benzene rings is 1. The fourth-order valence-electron chi connectivity index (χ4n) is 1.96. The van der Waals surface area contributed by atoms with Crippen molar-refractivity contribution < 1.29 is 4.39 Å². The summed E-state index contributed by atoms with van der Waals surface area (Å²) in [5.41, 5.74) is 10.7. The largest absolute Gasteiger partial charge is 0.398 e. The first kappa shape index (κ1) is 13.3. The lowest BCUT2D eigenvalue weighted by Gasteiger charge is -2.20. The lowest BCUT2D eigenvalue weighted by Crippen LogP contribution is -2.18. The smallest absolute Gasteiger partial charge is 0.123 e.